The zero-order valence-electron chi connectivity index (χ0n) is 12.1. The minimum absolute atomic E-state index is 0.0994. The molecule has 7 heteroatoms. The summed E-state index contributed by atoms with van der Waals surface area (Å²) in [4.78, 5) is 27.9. The van der Waals surface area contributed by atoms with Crippen molar-refractivity contribution in [1.29, 1.82) is 0 Å². The van der Waals surface area contributed by atoms with Crippen LogP contribution in [0.5, 0.6) is 5.75 Å². The van der Waals surface area contributed by atoms with E-state index in [0.29, 0.717) is 0 Å². The Bertz CT molecular complexity index is 703. The first-order valence-electron chi connectivity index (χ1n) is 6.57. The lowest BCUT2D eigenvalue weighted by Gasteiger charge is -2.25. The minimum Gasteiger partial charge on any atom is -0.502 e. The number of nitro groups is 1. The van der Waals surface area contributed by atoms with Gasteiger partial charge in [-0.1, -0.05) is 6.07 Å². The van der Waals surface area contributed by atoms with Gasteiger partial charge in [-0.25, -0.2) is 0 Å². The van der Waals surface area contributed by atoms with E-state index in [9.17, 15) is 20.0 Å². The van der Waals surface area contributed by atoms with E-state index >= 15 is 0 Å². The predicted molar refractivity (Wildman–Crippen MR) is 79.5 cm³/mol. The third kappa shape index (κ3) is 2.88. The fraction of sp³-hybridized carbons (Fsp3) is 0.200. The highest BCUT2D eigenvalue weighted by atomic mass is 16.6. The molecule has 1 aromatic heterocycles. The largest absolute Gasteiger partial charge is 0.502 e. The molecule has 1 amide bonds. The van der Waals surface area contributed by atoms with Crippen LogP contribution in [0.15, 0.2) is 42.7 Å². The van der Waals surface area contributed by atoms with Crippen molar-refractivity contribution in [1.82, 2.24) is 9.88 Å². The number of nitro benzene ring substituents is 1. The van der Waals surface area contributed by atoms with E-state index in [4.69, 9.17) is 0 Å². The third-order valence-corrected chi connectivity index (χ3v) is 3.53. The summed E-state index contributed by atoms with van der Waals surface area (Å²) in [5.74, 6) is -1.11. The van der Waals surface area contributed by atoms with Crippen molar-refractivity contribution in [2.75, 3.05) is 7.05 Å². The summed E-state index contributed by atoms with van der Waals surface area (Å²) < 4.78 is 0. The lowest BCUT2D eigenvalue weighted by Crippen LogP contribution is -2.29. The SMILES string of the molecule is C[C@@H](c1ccncc1)N(C)C(=O)c1cccc([N+](=O)[O-])c1O. The number of nitrogens with zero attached hydrogens (tertiary/aromatic N) is 3. The summed E-state index contributed by atoms with van der Waals surface area (Å²) in [6.45, 7) is 1.82. The second-order valence-electron chi connectivity index (χ2n) is 4.80. The van der Waals surface area contributed by atoms with Gasteiger partial charge in [0.25, 0.3) is 5.91 Å². The lowest BCUT2D eigenvalue weighted by atomic mass is 10.1. The number of phenols is 1. The summed E-state index contributed by atoms with van der Waals surface area (Å²) in [6, 6.07) is 7.17. The maximum absolute atomic E-state index is 12.5. The Hall–Kier alpha value is -2.96. The Morgan fingerprint density at radius 1 is 1.32 bits per heavy atom. The van der Waals surface area contributed by atoms with Crippen LogP contribution in [0.4, 0.5) is 5.69 Å². The fourth-order valence-corrected chi connectivity index (χ4v) is 2.08. The maximum Gasteiger partial charge on any atom is 0.311 e. The first-order chi connectivity index (χ1) is 10.4. The van der Waals surface area contributed by atoms with Gasteiger partial charge in [0.05, 0.1) is 16.5 Å². The molecule has 0 aliphatic carbocycles. The number of carbonyl (C=O) groups is 1. The van der Waals surface area contributed by atoms with E-state index in [0.717, 1.165) is 11.6 Å². The van der Waals surface area contributed by atoms with Crippen LogP contribution in [-0.2, 0) is 0 Å². The van der Waals surface area contributed by atoms with Crippen LogP contribution in [0, 0.1) is 10.1 Å². The summed E-state index contributed by atoms with van der Waals surface area (Å²) in [5, 5.41) is 20.8. The lowest BCUT2D eigenvalue weighted by molar-refractivity contribution is -0.385. The second kappa shape index (κ2) is 6.21. The second-order valence-corrected chi connectivity index (χ2v) is 4.80. The predicted octanol–water partition coefficient (Wildman–Crippen LogP) is 2.53. The third-order valence-electron chi connectivity index (χ3n) is 3.53. The molecule has 7 nitrogen and oxygen atoms in total. The smallest absolute Gasteiger partial charge is 0.311 e. The molecule has 0 unspecified atom stereocenters. The molecule has 0 radical (unpaired) electrons. The number of para-hydroxylation sites is 1. The van der Waals surface area contributed by atoms with Gasteiger partial charge < -0.3 is 10.0 Å². The highest BCUT2D eigenvalue weighted by Gasteiger charge is 2.25. The van der Waals surface area contributed by atoms with Crippen molar-refractivity contribution in [2.45, 2.75) is 13.0 Å². The molecule has 0 fully saturated rings. The normalized spacial score (nSPS) is 11.7. The van der Waals surface area contributed by atoms with Crippen LogP contribution in [0.2, 0.25) is 0 Å². The van der Waals surface area contributed by atoms with Gasteiger partial charge in [-0.3, -0.25) is 19.9 Å². The van der Waals surface area contributed by atoms with Crippen LogP contribution in [0.25, 0.3) is 0 Å². The van der Waals surface area contributed by atoms with Crippen molar-refractivity contribution in [2.24, 2.45) is 0 Å². The van der Waals surface area contributed by atoms with Crippen molar-refractivity contribution < 1.29 is 14.8 Å². The molecule has 0 aliphatic heterocycles. The van der Waals surface area contributed by atoms with Crippen LogP contribution in [0.1, 0.15) is 28.9 Å². The van der Waals surface area contributed by atoms with Crippen LogP contribution in [-0.4, -0.2) is 32.9 Å². The average molecular weight is 301 g/mol. The number of benzene rings is 1. The Balaban J connectivity index is 2.32. The number of hydrogen-bond donors (Lipinski definition) is 1. The van der Waals surface area contributed by atoms with E-state index in [1.54, 1.807) is 31.6 Å². The van der Waals surface area contributed by atoms with Crippen LogP contribution in [0.3, 0.4) is 0 Å². The monoisotopic (exact) mass is 301 g/mol. The standard InChI is InChI=1S/C15H15N3O4/c1-10(11-6-8-16-9-7-11)17(2)15(20)12-4-3-5-13(14(12)19)18(21)22/h3-10,19H,1-2H3/t10-/m0/s1. The summed E-state index contributed by atoms with van der Waals surface area (Å²) in [6.07, 6.45) is 3.24. The molecule has 114 valence electrons. The number of phenolic OH excluding ortho intramolecular Hbond substituents is 1. The summed E-state index contributed by atoms with van der Waals surface area (Å²) in [5.41, 5.74) is 0.282. The molecule has 1 N–H and O–H groups in total. The fourth-order valence-electron chi connectivity index (χ4n) is 2.08. The van der Waals surface area contributed by atoms with E-state index in [2.05, 4.69) is 4.98 Å². The first kappa shape index (κ1) is 15.4. The van der Waals surface area contributed by atoms with Gasteiger partial charge in [0.2, 0.25) is 5.75 Å². The summed E-state index contributed by atoms with van der Waals surface area (Å²) >= 11 is 0. The van der Waals surface area contributed by atoms with E-state index in [1.165, 1.54) is 17.0 Å². The maximum atomic E-state index is 12.5. The Labute approximate surface area is 127 Å². The molecule has 0 saturated carbocycles. The van der Waals surface area contributed by atoms with Crippen LogP contribution < -0.4 is 0 Å². The molecule has 0 spiro atoms. The number of hydrogen-bond acceptors (Lipinski definition) is 5. The zero-order chi connectivity index (χ0) is 16.3. The van der Waals surface area contributed by atoms with Gasteiger partial charge in [-0.15, -0.1) is 0 Å². The van der Waals surface area contributed by atoms with Crippen molar-refractivity contribution >= 4 is 11.6 Å². The van der Waals surface area contributed by atoms with Crippen molar-refractivity contribution in [3.8, 4) is 5.75 Å². The molecule has 0 aliphatic rings. The molecule has 2 rings (SSSR count). The van der Waals surface area contributed by atoms with E-state index < -0.39 is 22.3 Å². The molecule has 0 bridgehead atoms. The highest BCUT2D eigenvalue weighted by molar-refractivity contribution is 5.98. The van der Waals surface area contributed by atoms with Gasteiger partial charge in [0.15, 0.2) is 0 Å². The molecule has 1 heterocycles. The number of rotatable bonds is 4. The van der Waals surface area contributed by atoms with Gasteiger partial charge in [-0.05, 0) is 30.7 Å². The molecule has 2 aromatic rings. The Kier molecular flexibility index (Phi) is 4.36. The number of aromatic nitrogens is 1. The van der Waals surface area contributed by atoms with Gasteiger partial charge in [0.1, 0.15) is 0 Å². The van der Waals surface area contributed by atoms with Gasteiger partial charge >= 0.3 is 5.69 Å². The number of carbonyl (C=O) groups excluding carboxylic acids is 1. The average Bonchev–Trinajstić information content (AvgIpc) is 2.53. The van der Waals surface area contributed by atoms with Crippen molar-refractivity contribution in [3.63, 3.8) is 0 Å². The Morgan fingerprint density at radius 2 is 1.95 bits per heavy atom. The minimum atomic E-state index is -0.724. The number of pyridine rings is 1. The molecule has 1 aromatic carbocycles. The summed E-state index contributed by atoms with van der Waals surface area (Å²) in [7, 11) is 1.58. The molecule has 22 heavy (non-hydrogen) atoms. The molecule has 1 atom stereocenters. The number of amides is 1. The van der Waals surface area contributed by atoms with E-state index in [-0.39, 0.29) is 11.6 Å². The van der Waals surface area contributed by atoms with E-state index in [1.807, 2.05) is 6.92 Å². The number of aromatic hydroxyl groups is 1. The van der Waals surface area contributed by atoms with Gasteiger partial charge in [-0.2, -0.15) is 0 Å². The van der Waals surface area contributed by atoms with Gasteiger partial charge in [0, 0.05) is 25.5 Å². The molecule has 0 saturated heterocycles. The highest BCUT2D eigenvalue weighted by Crippen LogP contribution is 2.31. The first-order valence-corrected chi connectivity index (χ1v) is 6.57. The molecular formula is C15H15N3O4. The van der Waals surface area contributed by atoms with Crippen molar-refractivity contribution in [3.05, 3.63) is 64.0 Å². The molecular weight excluding hydrogens is 286 g/mol. The quantitative estimate of drug-likeness (QED) is 0.691. The zero-order valence-corrected chi connectivity index (χ0v) is 12.1. The Morgan fingerprint density at radius 3 is 2.55 bits per heavy atom. The topological polar surface area (TPSA) is 96.6 Å². The van der Waals surface area contributed by atoms with Crippen LogP contribution >= 0.6 is 0 Å².